The molecule has 26 heavy (non-hydrogen) atoms. The summed E-state index contributed by atoms with van der Waals surface area (Å²) >= 11 is 0. The third-order valence-corrected chi connectivity index (χ3v) is 4.47. The number of benzene rings is 1. The summed E-state index contributed by atoms with van der Waals surface area (Å²) in [6.07, 6.45) is 2.07. The van der Waals surface area contributed by atoms with Crippen molar-refractivity contribution in [3.8, 4) is 5.75 Å². The van der Waals surface area contributed by atoms with Crippen molar-refractivity contribution in [3.05, 3.63) is 29.6 Å². The fourth-order valence-electron chi connectivity index (χ4n) is 3.21. The van der Waals surface area contributed by atoms with Crippen molar-refractivity contribution in [2.24, 2.45) is 12.0 Å². The van der Waals surface area contributed by atoms with E-state index in [1.807, 2.05) is 12.1 Å². The summed E-state index contributed by atoms with van der Waals surface area (Å²) in [5, 5.41) is 10.4. The van der Waals surface area contributed by atoms with Crippen LogP contribution in [0.4, 0.5) is 11.4 Å². The molecule has 0 saturated carbocycles. The summed E-state index contributed by atoms with van der Waals surface area (Å²) in [6, 6.07) is 3.96. The monoisotopic (exact) mass is 356 g/mol. The Balaban J connectivity index is 1.61. The van der Waals surface area contributed by atoms with E-state index < -0.39 is 0 Å². The van der Waals surface area contributed by atoms with Gasteiger partial charge in [0.1, 0.15) is 11.6 Å². The zero-order valence-corrected chi connectivity index (χ0v) is 14.7. The van der Waals surface area contributed by atoms with Crippen molar-refractivity contribution in [2.45, 2.75) is 6.42 Å². The highest BCUT2D eigenvalue weighted by atomic mass is 16.5. The van der Waals surface area contributed by atoms with E-state index in [-0.39, 0.29) is 11.6 Å². The molecular weight excluding hydrogens is 336 g/mol. The first-order valence-corrected chi connectivity index (χ1v) is 8.43. The number of nitrogens with one attached hydrogen (secondary N) is 1. The van der Waals surface area contributed by atoms with Crippen LogP contribution in [0.3, 0.4) is 0 Å². The van der Waals surface area contributed by atoms with E-state index in [9.17, 15) is 4.79 Å². The number of aryl methyl sites for hydroxylation is 1. The Labute approximate surface area is 150 Å². The number of hydrogen-bond donors (Lipinski definition) is 1. The topological polar surface area (TPSA) is 93.9 Å². The van der Waals surface area contributed by atoms with Crippen LogP contribution in [0, 0.1) is 0 Å². The van der Waals surface area contributed by atoms with Crippen molar-refractivity contribution in [3.63, 3.8) is 0 Å². The van der Waals surface area contributed by atoms with Gasteiger partial charge in [0.15, 0.2) is 5.69 Å². The fraction of sp³-hybridized carbons (Fsp3) is 0.412. The van der Waals surface area contributed by atoms with Crippen molar-refractivity contribution >= 4 is 23.1 Å². The van der Waals surface area contributed by atoms with Gasteiger partial charge in [-0.2, -0.15) is 0 Å². The number of methoxy groups -OCH3 is 1. The number of hydrogen-bond acceptors (Lipinski definition) is 7. The van der Waals surface area contributed by atoms with E-state index in [1.165, 1.54) is 4.68 Å². The number of aliphatic imine (C=N–C) groups is 1. The van der Waals surface area contributed by atoms with Crippen molar-refractivity contribution in [1.29, 1.82) is 0 Å². The van der Waals surface area contributed by atoms with Gasteiger partial charge in [0.05, 0.1) is 37.9 Å². The Bertz CT molecular complexity index is 869. The van der Waals surface area contributed by atoms with E-state index >= 15 is 0 Å². The standard InChI is InChI=1S/C17H20N6O3/c1-22-10-12(20-21-22)17(24)19-15-9-11-14(25-2)4-3-13(16(11)18-15)23-5-7-26-8-6-23/h3-4,10H,5-9H2,1-2H3,(H,18,19,24). The lowest BCUT2D eigenvalue weighted by Crippen LogP contribution is -2.36. The molecule has 0 aliphatic carbocycles. The summed E-state index contributed by atoms with van der Waals surface area (Å²) in [6.45, 7) is 3.02. The maximum atomic E-state index is 12.3. The fourth-order valence-corrected chi connectivity index (χ4v) is 3.21. The van der Waals surface area contributed by atoms with Crippen LogP contribution in [0.25, 0.3) is 0 Å². The van der Waals surface area contributed by atoms with E-state index in [0.717, 1.165) is 35.8 Å². The van der Waals surface area contributed by atoms with Crippen LogP contribution >= 0.6 is 0 Å². The Morgan fingerprint density at radius 1 is 1.31 bits per heavy atom. The Morgan fingerprint density at radius 2 is 2.12 bits per heavy atom. The first kappa shape index (κ1) is 16.5. The first-order valence-electron chi connectivity index (χ1n) is 8.43. The summed E-state index contributed by atoms with van der Waals surface area (Å²) in [4.78, 5) is 19.3. The third kappa shape index (κ3) is 3.01. The minimum absolute atomic E-state index is 0.256. The van der Waals surface area contributed by atoms with Crippen LogP contribution in [0.1, 0.15) is 16.1 Å². The summed E-state index contributed by atoms with van der Waals surface area (Å²) in [7, 11) is 3.35. The number of fused-ring (bicyclic) bond motifs is 1. The van der Waals surface area contributed by atoms with Gasteiger partial charge < -0.3 is 19.7 Å². The molecule has 1 N–H and O–H groups in total. The molecule has 136 valence electrons. The number of anilines is 1. The van der Waals surface area contributed by atoms with Crippen LogP contribution in [-0.4, -0.2) is 60.1 Å². The van der Waals surface area contributed by atoms with Crippen molar-refractivity contribution in [2.75, 3.05) is 38.3 Å². The van der Waals surface area contributed by atoms with Gasteiger partial charge in [-0.15, -0.1) is 5.10 Å². The van der Waals surface area contributed by atoms with Crippen LogP contribution in [0.2, 0.25) is 0 Å². The average Bonchev–Trinajstić information content (AvgIpc) is 3.27. The van der Waals surface area contributed by atoms with Crippen LogP contribution < -0.4 is 15.0 Å². The van der Waals surface area contributed by atoms with Gasteiger partial charge in [-0.05, 0) is 12.1 Å². The summed E-state index contributed by atoms with van der Waals surface area (Å²) < 4.78 is 12.4. The average molecular weight is 356 g/mol. The zero-order valence-electron chi connectivity index (χ0n) is 14.7. The van der Waals surface area contributed by atoms with Crippen molar-refractivity contribution < 1.29 is 14.3 Å². The Hall–Kier alpha value is -2.94. The lowest BCUT2D eigenvalue weighted by Gasteiger charge is -2.30. The normalized spacial score (nSPS) is 16.2. The van der Waals surface area contributed by atoms with Crippen LogP contribution in [-0.2, 0) is 18.2 Å². The molecular formula is C17H20N6O3. The molecule has 0 bridgehead atoms. The maximum absolute atomic E-state index is 12.3. The molecule has 0 radical (unpaired) electrons. The Morgan fingerprint density at radius 3 is 2.81 bits per heavy atom. The van der Waals surface area contributed by atoms with Crippen molar-refractivity contribution in [1.82, 2.24) is 20.3 Å². The maximum Gasteiger partial charge on any atom is 0.278 e. The second kappa shape index (κ2) is 6.75. The number of amides is 1. The van der Waals surface area contributed by atoms with Gasteiger partial charge in [0.25, 0.3) is 5.91 Å². The van der Waals surface area contributed by atoms with Gasteiger partial charge in [-0.25, -0.2) is 4.99 Å². The number of carbonyl (C=O) groups is 1. The molecule has 4 rings (SSSR count). The smallest absolute Gasteiger partial charge is 0.278 e. The van der Waals surface area contributed by atoms with Gasteiger partial charge in [0.2, 0.25) is 0 Å². The van der Waals surface area contributed by atoms with Gasteiger partial charge in [0, 0.05) is 32.1 Å². The van der Waals surface area contributed by atoms with E-state index in [1.54, 1.807) is 20.4 Å². The lowest BCUT2D eigenvalue weighted by molar-refractivity contribution is 0.0971. The SMILES string of the molecule is COc1ccc(N2CCOCC2)c2c1CC(NC(=O)c1cn(C)nn1)=N2. The van der Waals surface area contributed by atoms with E-state index in [4.69, 9.17) is 9.47 Å². The van der Waals surface area contributed by atoms with Gasteiger partial charge in [-0.1, -0.05) is 5.21 Å². The molecule has 2 aliphatic heterocycles. The summed E-state index contributed by atoms with van der Waals surface area (Å²) in [5.41, 5.74) is 3.12. The number of ether oxygens (including phenoxy) is 2. The number of nitrogens with zero attached hydrogens (tertiary/aromatic N) is 5. The van der Waals surface area contributed by atoms with Crippen LogP contribution in [0.15, 0.2) is 23.3 Å². The van der Waals surface area contributed by atoms with E-state index in [2.05, 4.69) is 25.5 Å². The number of carbonyl (C=O) groups excluding carboxylic acids is 1. The molecule has 2 aliphatic rings. The van der Waals surface area contributed by atoms with Gasteiger partial charge in [-0.3, -0.25) is 9.48 Å². The molecule has 0 atom stereocenters. The van der Waals surface area contributed by atoms with Crippen LogP contribution in [0.5, 0.6) is 5.75 Å². The molecule has 1 saturated heterocycles. The summed E-state index contributed by atoms with van der Waals surface area (Å²) in [5.74, 6) is 1.02. The highest BCUT2D eigenvalue weighted by Gasteiger charge is 2.26. The molecule has 1 aromatic heterocycles. The number of morpholine rings is 1. The highest BCUT2D eigenvalue weighted by molar-refractivity contribution is 6.09. The molecule has 0 unspecified atom stereocenters. The second-order valence-corrected chi connectivity index (χ2v) is 6.18. The Kier molecular flexibility index (Phi) is 4.29. The lowest BCUT2D eigenvalue weighted by atomic mass is 10.1. The predicted molar refractivity (Wildman–Crippen MR) is 95.3 cm³/mol. The minimum Gasteiger partial charge on any atom is -0.496 e. The quantitative estimate of drug-likeness (QED) is 0.869. The first-order chi connectivity index (χ1) is 12.7. The zero-order chi connectivity index (χ0) is 18.1. The number of rotatable bonds is 3. The number of amidine groups is 1. The largest absolute Gasteiger partial charge is 0.496 e. The molecule has 2 aromatic rings. The molecule has 9 nitrogen and oxygen atoms in total. The molecule has 1 fully saturated rings. The molecule has 9 heteroatoms. The molecule has 3 heterocycles. The second-order valence-electron chi connectivity index (χ2n) is 6.18. The predicted octanol–water partition coefficient (Wildman–Crippen LogP) is 0.676. The highest BCUT2D eigenvalue weighted by Crippen LogP contribution is 2.42. The van der Waals surface area contributed by atoms with Gasteiger partial charge >= 0.3 is 0 Å². The third-order valence-electron chi connectivity index (χ3n) is 4.47. The van der Waals surface area contributed by atoms with E-state index in [0.29, 0.717) is 25.5 Å². The number of aromatic nitrogens is 3. The molecule has 1 aromatic carbocycles. The minimum atomic E-state index is -0.323. The molecule has 0 spiro atoms. The molecule has 1 amide bonds.